The molecule has 0 spiro atoms. The standard InChI is InChI=1S/C38H26N2/c1-4-12-27(13-5-1)30-22-31(28-14-6-2-7-15-28)24-33(23-30)39-21-20-29-25-38-35(26-37(29)39)34-18-10-11-19-36(34)40(38)32-16-8-3-9-17-32/h1-26H. The Kier molecular flexibility index (Phi) is 5.17. The van der Waals surface area contributed by atoms with Crippen LogP contribution >= 0.6 is 0 Å². The molecule has 2 heterocycles. The van der Waals surface area contributed by atoms with Crippen molar-refractivity contribution in [2.75, 3.05) is 0 Å². The van der Waals surface area contributed by atoms with E-state index < -0.39 is 0 Å². The van der Waals surface area contributed by atoms with Crippen LogP contribution in [0.3, 0.4) is 0 Å². The zero-order valence-electron chi connectivity index (χ0n) is 21.9. The molecule has 8 aromatic rings. The first-order valence-electron chi connectivity index (χ1n) is 13.7. The fourth-order valence-electron chi connectivity index (χ4n) is 6.02. The summed E-state index contributed by atoms with van der Waals surface area (Å²) in [5.41, 5.74) is 10.8. The van der Waals surface area contributed by atoms with E-state index >= 15 is 0 Å². The minimum Gasteiger partial charge on any atom is -0.316 e. The van der Waals surface area contributed by atoms with Crippen LogP contribution in [0, 0.1) is 0 Å². The second-order valence-electron chi connectivity index (χ2n) is 10.3. The molecule has 0 saturated heterocycles. The van der Waals surface area contributed by atoms with Gasteiger partial charge in [-0.3, -0.25) is 0 Å². The lowest BCUT2D eigenvalue weighted by atomic mass is 9.98. The average Bonchev–Trinajstić information content (AvgIpc) is 3.59. The third-order valence-electron chi connectivity index (χ3n) is 7.91. The van der Waals surface area contributed by atoms with Crippen molar-refractivity contribution in [1.29, 1.82) is 0 Å². The van der Waals surface area contributed by atoms with Crippen LogP contribution in [-0.4, -0.2) is 9.13 Å². The maximum absolute atomic E-state index is 2.38. The number of para-hydroxylation sites is 2. The molecule has 0 atom stereocenters. The van der Waals surface area contributed by atoms with E-state index in [4.69, 9.17) is 0 Å². The molecule has 2 heteroatoms. The lowest BCUT2D eigenvalue weighted by molar-refractivity contribution is 1.13. The Balaban J connectivity index is 1.39. The predicted molar refractivity (Wildman–Crippen MR) is 168 cm³/mol. The van der Waals surface area contributed by atoms with Crippen molar-refractivity contribution in [2.24, 2.45) is 0 Å². The van der Waals surface area contributed by atoms with Gasteiger partial charge in [0, 0.05) is 33.7 Å². The summed E-state index contributed by atoms with van der Waals surface area (Å²) in [6.07, 6.45) is 2.21. The molecule has 0 aliphatic heterocycles. The van der Waals surface area contributed by atoms with Crippen molar-refractivity contribution in [1.82, 2.24) is 9.13 Å². The van der Waals surface area contributed by atoms with Crippen molar-refractivity contribution in [3.8, 4) is 33.6 Å². The lowest BCUT2D eigenvalue weighted by Crippen LogP contribution is -1.95. The van der Waals surface area contributed by atoms with E-state index in [1.54, 1.807) is 0 Å². The molecular formula is C38H26N2. The largest absolute Gasteiger partial charge is 0.316 e. The Morgan fingerprint density at radius 2 is 0.950 bits per heavy atom. The monoisotopic (exact) mass is 510 g/mol. The Bertz CT molecular complexity index is 2080. The summed E-state index contributed by atoms with van der Waals surface area (Å²) < 4.78 is 4.72. The highest BCUT2D eigenvalue weighted by atomic mass is 15.0. The van der Waals surface area contributed by atoms with Gasteiger partial charge in [0.1, 0.15) is 0 Å². The zero-order valence-corrected chi connectivity index (χ0v) is 21.9. The topological polar surface area (TPSA) is 9.86 Å². The number of hydrogen-bond acceptors (Lipinski definition) is 0. The van der Waals surface area contributed by atoms with Gasteiger partial charge >= 0.3 is 0 Å². The van der Waals surface area contributed by atoms with E-state index in [0.717, 1.165) is 5.69 Å². The normalized spacial score (nSPS) is 11.5. The van der Waals surface area contributed by atoms with Gasteiger partial charge in [-0.15, -0.1) is 0 Å². The Labute approximate surface area is 233 Å². The average molecular weight is 511 g/mol. The number of nitrogens with zero attached hydrogens (tertiary/aromatic N) is 2. The van der Waals surface area contributed by atoms with Crippen molar-refractivity contribution in [2.45, 2.75) is 0 Å². The summed E-state index contributed by atoms with van der Waals surface area (Å²) in [5.74, 6) is 0. The maximum atomic E-state index is 2.38. The maximum Gasteiger partial charge on any atom is 0.0548 e. The van der Waals surface area contributed by atoms with Gasteiger partial charge < -0.3 is 9.13 Å². The number of aromatic nitrogens is 2. The molecule has 0 radical (unpaired) electrons. The Morgan fingerprint density at radius 3 is 1.62 bits per heavy atom. The first kappa shape index (κ1) is 22.6. The molecule has 8 rings (SSSR count). The molecule has 40 heavy (non-hydrogen) atoms. The smallest absolute Gasteiger partial charge is 0.0548 e. The Morgan fingerprint density at radius 1 is 0.350 bits per heavy atom. The molecule has 0 fully saturated rings. The highest BCUT2D eigenvalue weighted by Gasteiger charge is 2.15. The molecule has 188 valence electrons. The minimum absolute atomic E-state index is 1.15. The molecule has 2 nitrogen and oxygen atoms in total. The quantitative estimate of drug-likeness (QED) is 0.223. The van der Waals surface area contributed by atoms with Crippen LogP contribution in [0.5, 0.6) is 0 Å². The number of fused-ring (bicyclic) bond motifs is 4. The number of rotatable bonds is 4. The van der Waals surface area contributed by atoms with Crippen LogP contribution in [0.15, 0.2) is 158 Å². The molecule has 2 aromatic heterocycles. The van der Waals surface area contributed by atoms with Crippen molar-refractivity contribution < 1.29 is 0 Å². The molecule has 0 bridgehead atoms. The third kappa shape index (κ3) is 3.65. The van der Waals surface area contributed by atoms with Crippen molar-refractivity contribution >= 4 is 32.7 Å². The Hall–Kier alpha value is -5.34. The van der Waals surface area contributed by atoms with Crippen molar-refractivity contribution in [3.63, 3.8) is 0 Å². The first-order chi connectivity index (χ1) is 19.8. The number of hydrogen-bond donors (Lipinski definition) is 0. The second kappa shape index (κ2) is 9.14. The minimum atomic E-state index is 1.15. The molecule has 0 aliphatic rings. The molecule has 0 saturated carbocycles. The fourth-order valence-corrected chi connectivity index (χ4v) is 6.02. The molecule has 0 N–H and O–H groups in total. The fraction of sp³-hybridized carbons (Fsp3) is 0. The summed E-state index contributed by atoms with van der Waals surface area (Å²) in [6.45, 7) is 0. The van der Waals surface area contributed by atoms with Gasteiger partial charge in [0.05, 0.1) is 16.6 Å². The van der Waals surface area contributed by atoms with Gasteiger partial charge in [-0.2, -0.15) is 0 Å². The molecule has 0 unspecified atom stereocenters. The molecule has 0 aliphatic carbocycles. The summed E-state index contributed by atoms with van der Waals surface area (Å²) in [5, 5.41) is 3.74. The summed E-state index contributed by atoms with van der Waals surface area (Å²) in [4.78, 5) is 0. The van der Waals surface area contributed by atoms with Gasteiger partial charge in [0.15, 0.2) is 0 Å². The molecule has 0 amide bonds. The van der Waals surface area contributed by atoms with Crippen LogP contribution in [-0.2, 0) is 0 Å². The summed E-state index contributed by atoms with van der Waals surface area (Å²) >= 11 is 0. The lowest BCUT2D eigenvalue weighted by Gasteiger charge is -2.13. The predicted octanol–water partition coefficient (Wildman–Crippen LogP) is 10.1. The second-order valence-corrected chi connectivity index (χ2v) is 10.3. The van der Waals surface area contributed by atoms with E-state index in [1.807, 2.05) is 0 Å². The van der Waals surface area contributed by atoms with Gasteiger partial charge in [-0.25, -0.2) is 0 Å². The third-order valence-corrected chi connectivity index (χ3v) is 7.91. The van der Waals surface area contributed by atoms with E-state index in [0.29, 0.717) is 0 Å². The highest BCUT2D eigenvalue weighted by Crippen LogP contribution is 2.37. The zero-order chi connectivity index (χ0) is 26.5. The van der Waals surface area contributed by atoms with Crippen LogP contribution in [0.1, 0.15) is 0 Å². The SMILES string of the molecule is c1ccc(-c2cc(-c3ccccc3)cc(-n3ccc4cc5c(cc43)c3ccccc3n5-c3ccccc3)c2)cc1. The summed E-state index contributed by atoms with van der Waals surface area (Å²) in [6, 6.07) is 54.5. The van der Waals surface area contributed by atoms with E-state index in [1.165, 1.54) is 60.6 Å². The van der Waals surface area contributed by atoms with E-state index in [-0.39, 0.29) is 0 Å². The van der Waals surface area contributed by atoms with Crippen LogP contribution in [0.4, 0.5) is 0 Å². The van der Waals surface area contributed by atoms with Crippen molar-refractivity contribution in [3.05, 3.63) is 158 Å². The van der Waals surface area contributed by atoms with Gasteiger partial charge in [-0.1, -0.05) is 97.1 Å². The van der Waals surface area contributed by atoms with E-state index in [2.05, 4.69) is 167 Å². The molecule has 6 aromatic carbocycles. The van der Waals surface area contributed by atoms with Gasteiger partial charge in [0.2, 0.25) is 0 Å². The van der Waals surface area contributed by atoms with Gasteiger partial charge in [0.25, 0.3) is 0 Å². The summed E-state index contributed by atoms with van der Waals surface area (Å²) in [7, 11) is 0. The first-order valence-corrected chi connectivity index (χ1v) is 13.7. The highest BCUT2D eigenvalue weighted by molar-refractivity contribution is 6.13. The van der Waals surface area contributed by atoms with Gasteiger partial charge in [-0.05, 0) is 76.9 Å². The van der Waals surface area contributed by atoms with Crippen LogP contribution in [0.2, 0.25) is 0 Å². The van der Waals surface area contributed by atoms with E-state index in [9.17, 15) is 0 Å². The van der Waals surface area contributed by atoms with Crippen LogP contribution < -0.4 is 0 Å². The van der Waals surface area contributed by atoms with Crippen LogP contribution in [0.25, 0.3) is 66.3 Å². The molecular weight excluding hydrogens is 484 g/mol. The number of benzene rings is 6.